The Hall–Kier alpha value is -4.08. The Bertz CT molecular complexity index is 1230. The van der Waals surface area contributed by atoms with Gasteiger partial charge in [-0.05, 0) is 61.6 Å². The number of phenols is 2. The lowest BCUT2D eigenvalue weighted by molar-refractivity contribution is 0.0951. The fraction of sp³-hybridized carbons (Fsp3) is 0.360. The zero-order valence-electron chi connectivity index (χ0n) is 20.1. The summed E-state index contributed by atoms with van der Waals surface area (Å²) < 4.78 is 1.20. The Labute approximate surface area is 203 Å². The molecule has 0 unspecified atom stereocenters. The first-order valence-electron chi connectivity index (χ1n) is 11.8. The SMILES string of the molecule is CCNC(=O)c1nnn(-c2cc(C(C)C)c(O)cc2O)c1NC(=O)c1ccc(N2CCCC2)cc1. The molecule has 0 atom stereocenters. The minimum Gasteiger partial charge on any atom is -0.508 e. The van der Waals surface area contributed by atoms with Gasteiger partial charge in [0.25, 0.3) is 11.8 Å². The van der Waals surface area contributed by atoms with E-state index in [-0.39, 0.29) is 34.6 Å². The topological polar surface area (TPSA) is 133 Å². The van der Waals surface area contributed by atoms with Crippen molar-refractivity contribution >= 4 is 23.3 Å². The minimum atomic E-state index is -0.513. The maximum Gasteiger partial charge on any atom is 0.275 e. The van der Waals surface area contributed by atoms with Gasteiger partial charge in [-0.3, -0.25) is 9.59 Å². The van der Waals surface area contributed by atoms with E-state index in [2.05, 4.69) is 25.8 Å². The molecule has 2 amide bonds. The second-order valence-corrected chi connectivity index (χ2v) is 8.81. The van der Waals surface area contributed by atoms with Crippen molar-refractivity contribution in [3.8, 4) is 17.2 Å². The molecule has 2 aromatic carbocycles. The fourth-order valence-electron chi connectivity index (χ4n) is 4.15. The van der Waals surface area contributed by atoms with Gasteiger partial charge in [0.2, 0.25) is 0 Å². The highest BCUT2D eigenvalue weighted by molar-refractivity contribution is 6.08. The standard InChI is InChI=1S/C25H30N6O4/c1-4-26-25(35)22-23(27-24(34)16-7-9-17(10-8-16)30-11-5-6-12-30)31(29-28-22)19-13-18(15(2)3)20(32)14-21(19)33/h7-10,13-15,32-33H,4-6,11-12H2,1-3H3,(H,26,35)(H,27,34). The molecule has 4 rings (SSSR count). The van der Waals surface area contributed by atoms with Gasteiger partial charge in [-0.25, -0.2) is 0 Å². The van der Waals surface area contributed by atoms with Gasteiger partial charge in [-0.2, -0.15) is 4.68 Å². The number of aromatic nitrogens is 3. The lowest BCUT2D eigenvalue weighted by Crippen LogP contribution is -2.25. The number of aromatic hydroxyl groups is 2. The average molecular weight is 479 g/mol. The Morgan fingerprint density at radius 2 is 1.71 bits per heavy atom. The predicted molar refractivity (Wildman–Crippen MR) is 133 cm³/mol. The van der Waals surface area contributed by atoms with Crippen LogP contribution in [0.15, 0.2) is 36.4 Å². The quantitative estimate of drug-likeness (QED) is 0.409. The van der Waals surface area contributed by atoms with Gasteiger partial charge in [0.05, 0.1) is 0 Å². The molecule has 4 N–H and O–H groups in total. The zero-order chi connectivity index (χ0) is 25.1. The number of benzene rings is 2. The molecule has 0 aliphatic carbocycles. The first kappa shape index (κ1) is 24.1. The molecular weight excluding hydrogens is 448 g/mol. The molecule has 0 radical (unpaired) electrons. The van der Waals surface area contributed by atoms with Crippen molar-refractivity contribution in [3.05, 3.63) is 53.2 Å². The van der Waals surface area contributed by atoms with E-state index < -0.39 is 11.8 Å². The molecule has 35 heavy (non-hydrogen) atoms. The summed E-state index contributed by atoms with van der Waals surface area (Å²) in [5.74, 6) is -1.33. The van der Waals surface area contributed by atoms with Gasteiger partial charge in [-0.1, -0.05) is 19.1 Å². The number of hydrogen-bond acceptors (Lipinski definition) is 7. The molecule has 0 spiro atoms. The number of carbonyl (C=O) groups is 2. The van der Waals surface area contributed by atoms with Crippen LogP contribution in [0.1, 0.15) is 65.9 Å². The van der Waals surface area contributed by atoms with Crippen molar-refractivity contribution < 1.29 is 19.8 Å². The highest BCUT2D eigenvalue weighted by Gasteiger charge is 2.25. The summed E-state index contributed by atoms with van der Waals surface area (Å²) in [5.41, 5.74) is 2.12. The van der Waals surface area contributed by atoms with Gasteiger partial charge in [-0.15, -0.1) is 5.10 Å². The Balaban J connectivity index is 1.70. The van der Waals surface area contributed by atoms with E-state index in [9.17, 15) is 19.8 Å². The van der Waals surface area contributed by atoms with Crippen molar-refractivity contribution in [2.75, 3.05) is 29.9 Å². The van der Waals surface area contributed by atoms with Gasteiger partial charge >= 0.3 is 0 Å². The molecular formula is C25H30N6O4. The number of phenolic OH excluding ortho intramolecular Hbond substituents is 2. The van der Waals surface area contributed by atoms with Crippen LogP contribution in [0.5, 0.6) is 11.5 Å². The Morgan fingerprint density at radius 1 is 1.03 bits per heavy atom. The smallest absolute Gasteiger partial charge is 0.275 e. The summed E-state index contributed by atoms with van der Waals surface area (Å²) in [6, 6.07) is 10.0. The van der Waals surface area contributed by atoms with E-state index in [0.717, 1.165) is 31.6 Å². The first-order valence-corrected chi connectivity index (χ1v) is 11.8. The second kappa shape index (κ2) is 10.0. The van der Waals surface area contributed by atoms with Crippen LogP contribution in [-0.2, 0) is 0 Å². The van der Waals surface area contributed by atoms with Crippen LogP contribution < -0.4 is 15.5 Å². The predicted octanol–water partition coefficient (Wildman–Crippen LogP) is 3.40. The molecule has 10 nitrogen and oxygen atoms in total. The largest absolute Gasteiger partial charge is 0.508 e. The van der Waals surface area contributed by atoms with E-state index in [1.165, 1.54) is 10.7 Å². The van der Waals surface area contributed by atoms with Crippen LogP contribution in [0.3, 0.4) is 0 Å². The highest BCUT2D eigenvalue weighted by atomic mass is 16.3. The van der Waals surface area contributed by atoms with Crippen LogP contribution in [0.25, 0.3) is 5.69 Å². The van der Waals surface area contributed by atoms with Crippen molar-refractivity contribution in [3.63, 3.8) is 0 Å². The molecule has 10 heteroatoms. The third-order valence-electron chi connectivity index (χ3n) is 6.03. The van der Waals surface area contributed by atoms with Crippen molar-refractivity contribution in [2.24, 2.45) is 0 Å². The lowest BCUT2D eigenvalue weighted by Gasteiger charge is -2.18. The van der Waals surface area contributed by atoms with E-state index >= 15 is 0 Å². The number of carbonyl (C=O) groups excluding carboxylic acids is 2. The third kappa shape index (κ3) is 4.91. The molecule has 1 fully saturated rings. The van der Waals surface area contributed by atoms with Crippen LogP contribution >= 0.6 is 0 Å². The summed E-state index contributed by atoms with van der Waals surface area (Å²) in [4.78, 5) is 28.1. The summed E-state index contributed by atoms with van der Waals surface area (Å²) in [6.45, 7) is 7.92. The Kier molecular flexibility index (Phi) is 6.90. The van der Waals surface area contributed by atoms with Gasteiger partial charge < -0.3 is 25.7 Å². The molecule has 184 valence electrons. The third-order valence-corrected chi connectivity index (χ3v) is 6.03. The number of rotatable bonds is 7. The monoisotopic (exact) mass is 478 g/mol. The van der Waals surface area contributed by atoms with Gasteiger partial charge in [0.1, 0.15) is 17.2 Å². The number of hydrogen-bond donors (Lipinski definition) is 4. The molecule has 2 heterocycles. The van der Waals surface area contributed by atoms with Crippen molar-refractivity contribution in [2.45, 2.75) is 39.5 Å². The molecule has 3 aromatic rings. The number of amides is 2. The molecule has 0 saturated carbocycles. The molecule has 1 aliphatic rings. The maximum absolute atomic E-state index is 13.1. The van der Waals surface area contributed by atoms with E-state index in [0.29, 0.717) is 17.7 Å². The van der Waals surface area contributed by atoms with E-state index in [1.807, 2.05) is 26.0 Å². The van der Waals surface area contributed by atoms with Gasteiger partial charge in [0, 0.05) is 37.0 Å². The summed E-state index contributed by atoms with van der Waals surface area (Å²) in [5, 5.41) is 34.2. The normalized spacial score (nSPS) is 13.3. The number of anilines is 2. The number of nitrogens with zero attached hydrogens (tertiary/aromatic N) is 4. The number of nitrogens with one attached hydrogen (secondary N) is 2. The minimum absolute atomic E-state index is 0.0141. The fourth-order valence-corrected chi connectivity index (χ4v) is 4.15. The summed E-state index contributed by atoms with van der Waals surface area (Å²) in [7, 11) is 0. The summed E-state index contributed by atoms with van der Waals surface area (Å²) in [6.07, 6.45) is 2.31. The molecule has 1 aliphatic heterocycles. The summed E-state index contributed by atoms with van der Waals surface area (Å²) >= 11 is 0. The molecule has 1 aromatic heterocycles. The van der Waals surface area contributed by atoms with Crippen LogP contribution in [0, 0.1) is 0 Å². The van der Waals surface area contributed by atoms with E-state index in [4.69, 9.17) is 0 Å². The second-order valence-electron chi connectivity index (χ2n) is 8.81. The van der Waals surface area contributed by atoms with Crippen molar-refractivity contribution in [1.29, 1.82) is 0 Å². The van der Waals surface area contributed by atoms with E-state index in [1.54, 1.807) is 25.1 Å². The molecule has 1 saturated heterocycles. The highest BCUT2D eigenvalue weighted by Crippen LogP contribution is 2.35. The van der Waals surface area contributed by atoms with Crippen LogP contribution in [0.2, 0.25) is 0 Å². The maximum atomic E-state index is 13.1. The Morgan fingerprint density at radius 3 is 2.34 bits per heavy atom. The zero-order valence-corrected chi connectivity index (χ0v) is 20.1. The van der Waals surface area contributed by atoms with Crippen LogP contribution in [0.4, 0.5) is 11.5 Å². The van der Waals surface area contributed by atoms with Gasteiger partial charge in [0.15, 0.2) is 11.5 Å². The first-order chi connectivity index (χ1) is 16.8. The van der Waals surface area contributed by atoms with Crippen LogP contribution in [-0.4, -0.2) is 56.7 Å². The average Bonchev–Trinajstić information content (AvgIpc) is 3.50. The molecule has 0 bridgehead atoms. The van der Waals surface area contributed by atoms with Crippen molar-refractivity contribution in [1.82, 2.24) is 20.3 Å². The lowest BCUT2D eigenvalue weighted by atomic mass is 10.0.